The van der Waals surface area contributed by atoms with Gasteiger partial charge in [0.05, 0.1) is 12.6 Å². The summed E-state index contributed by atoms with van der Waals surface area (Å²) in [4.78, 5) is 3.35. The standard InChI is InChI=1S/C7H10FN/c1-9-7-4-2-3-6(7)5-8/h6-7H,2-5H2. The van der Waals surface area contributed by atoms with Crippen molar-refractivity contribution in [2.45, 2.75) is 25.3 Å². The Morgan fingerprint density at radius 3 is 2.78 bits per heavy atom. The maximum absolute atomic E-state index is 12.0. The SMILES string of the molecule is [C-]#[N+]C1CCCC1CF. The summed E-state index contributed by atoms with van der Waals surface area (Å²) >= 11 is 0. The number of hydrogen-bond acceptors (Lipinski definition) is 0. The molecule has 2 atom stereocenters. The molecule has 1 aliphatic carbocycles. The number of halogens is 1. The number of nitrogens with zero attached hydrogens (tertiary/aromatic N) is 1. The highest BCUT2D eigenvalue weighted by Crippen LogP contribution is 2.28. The van der Waals surface area contributed by atoms with Gasteiger partial charge in [-0.15, -0.1) is 0 Å². The van der Waals surface area contributed by atoms with E-state index < -0.39 is 0 Å². The molecule has 0 aliphatic heterocycles. The summed E-state index contributed by atoms with van der Waals surface area (Å²) in [6.45, 7) is 6.39. The predicted octanol–water partition coefficient (Wildman–Crippen LogP) is 2.04. The molecule has 0 N–H and O–H groups in total. The van der Waals surface area contributed by atoms with Gasteiger partial charge < -0.3 is 4.85 Å². The second-order valence-electron chi connectivity index (χ2n) is 2.54. The van der Waals surface area contributed by atoms with E-state index in [0.717, 1.165) is 19.3 Å². The fraction of sp³-hybridized carbons (Fsp3) is 0.857. The average molecular weight is 127 g/mol. The van der Waals surface area contributed by atoms with Gasteiger partial charge in [-0.3, -0.25) is 4.39 Å². The lowest BCUT2D eigenvalue weighted by molar-refractivity contribution is 0.359. The van der Waals surface area contributed by atoms with Gasteiger partial charge in [-0.2, -0.15) is 0 Å². The van der Waals surface area contributed by atoms with Crippen molar-refractivity contribution >= 4 is 0 Å². The van der Waals surface area contributed by atoms with Crippen LogP contribution in [0.25, 0.3) is 4.85 Å². The maximum atomic E-state index is 12.0. The van der Waals surface area contributed by atoms with Crippen molar-refractivity contribution in [3.8, 4) is 0 Å². The van der Waals surface area contributed by atoms with Crippen molar-refractivity contribution in [3.05, 3.63) is 11.4 Å². The molecule has 0 aromatic heterocycles. The Balaban J connectivity index is 2.44. The Bertz CT molecular complexity index is 127. The Hall–Kier alpha value is -0.580. The van der Waals surface area contributed by atoms with Crippen LogP contribution in [0.5, 0.6) is 0 Å². The quantitative estimate of drug-likeness (QED) is 0.475. The zero-order chi connectivity index (χ0) is 6.69. The van der Waals surface area contributed by atoms with E-state index in [-0.39, 0.29) is 18.6 Å². The van der Waals surface area contributed by atoms with E-state index in [1.807, 2.05) is 0 Å². The molecule has 0 spiro atoms. The van der Waals surface area contributed by atoms with Crippen LogP contribution in [0.2, 0.25) is 0 Å². The minimum absolute atomic E-state index is 0.00463. The normalized spacial score (nSPS) is 34.2. The maximum Gasteiger partial charge on any atom is 0.229 e. The highest BCUT2D eigenvalue weighted by atomic mass is 19.1. The summed E-state index contributed by atoms with van der Waals surface area (Å²) in [7, 11) is 0. The van der Waals surface area contributed by atoms with Gasteiger partial charge in [0.15, 0.2) is 0 Å². The smallest absolute Gasteiger partial charge is 0.229 e. The topological polar surface area (TPSA) is 4.36 Å². The molecule has 0 radical (unpaired) electrons. The molecule has 2 unspecified atom stereocenters. The lowest BCUT2D eigenvalue weighted by Gasteiger charge is -2.01. The minimum atomic E-state index is -0.299. The van der Waals surface area contributed by atoms with E-state index in [2.05, 4.69) is 4.85 Å². The molecule has 0 bridgehead atoms. The van der Waals surface area contributed by atoms with Crippen molar-refractivity contribution in [2.75, 3.05) is 6.67 Å². The van der Waals surface area contributed by atoms with Crippen LogP contribution in [0.1, 0.15) is 19.3 Å². The monoisotopic (exact) mass is 127 g/mol. The van der Waals surface area contributed by atoms with Crippen LogP contribution in [-0.2, 0) is 0 Å². The van der Waals surface area contributed by atoms with Crippen molar-refractivity contribution in [2.24, 2.45) is 5.92 Å². The van der Waals surface area contributed by atoms with Gasteiger partial charge in [-0.25, -0.2) is 6.57 Å². The lowest BCUT2D eigenvalue weighted by atomic mass is 10.1. The summed E-state index contributed by atoms with van der Waals surface area (Å²) in [5.74, 6) is 0.0579. The van der Waals surface area contributed by atoms with Gasteiger partial charge in [0.25, 0.3) is 0 Å². The van der Waals surface area contributed by atoms with Crippen molar-refractivity contribution in [1.29, 1.82) is 0 Å². The molecule has 9 heavy (non-hydrogen) atoms. The Kier molecular flexibility index (Phi) is 2.05. The second-order valence-corrected chi connectivity index (χ2v) is 2.54. The van der Waals surface area contributed by atoms with Crippen LogP contribution in [0, 0.1) is 12.5 Å². The minimum Gasteiger partial charge on any atom is -0.313 e. The molecule has 2 heteroatoms. The first-order valence-electron chi connectivity index (χ1n) is 3.31. The first kappa shape index (κ1) is 6.54. The van der Waals surface area contributed by atoms with E-state index in [1.54, 1.807) is 0 Å². The van der Waals surface area contributed by atoms with Crippen molar-refractivity contribution < 1.29 is 4.39 Å². The summed E-state index contributed by atoms with van der Waals surface area (Å²) in [5, 5.41) is 0. The zero-order valence-corrected chi connectivity index (χ0v) is 5.31. The highest BCUT2D eigenvalue weighted by molar-refractivity contribution is 4.90. The first-order chi connectivity index (χ1) is 4.38. The average Bonchev–Trinajstić information content (AvgIpc) is 2.33. The third-order valence-electron chi connectivity index (χ3n) is 1.98. The largest absolute Gasteiger partial charge is 0.313 e. The Morgan fingerprint density at radius 1 is 1.56 bits per heavy atom. The van der Waals surface area contributed by atoms with Gasteiger partial charge in [-0.05, 0) is 12.8 Å². The van der Waals surface area contributed by atoms with Gasteiger partial charge in [0, 0.05) is 6.42 Å². The third kappa shape index (κ3) is 1.21. The Morgan fingerprint density at radius 2 is 2.33 bits per heavy atom. The van der Waals surface area contributed by atoms with E-state index in [9.17, 15) is 4.39 Å². The van der Waals surface area contributed by atoms with Gasteiger partial charge in [-0.1, -0.05) is 0 Å². The predicted molar refractivity (Wildman–Crippen MR) is 33.7 cm³/mol. The van der Waals surface area contributed by atoms with Crippen molar-refractivity contribution in [3.63, 3.8) is 0 Å². The molecule has 0 saturated heterocycles. The van der Waals surface area contributed by atoms with Crippen LogP contribution in [0.3, 0.4) is 0 Å². The molecule has 0 aromatic rings. The zero-order valence-electron chi connectivity index (χ0n) is 5.31. The van der Waals surface area contributed by atoms with Crippen LogP contribution >= 0.6 is 0 Å². The van der Waals surface area contributed by atoms with Crippen LogP contribution in [0.4, 0.5) is 4.39 Å². The molecule has 0 aromatic carbocycles. The Labute approximate surface area is 54.7 Å². The summed E-state index contributed by atoms with van der Waals surface area (Å²) in [6, 6.07) is -0.00463. The summed E-state index contributed by atoms with van der Waals surface area (Å²) in [6.07, 6.45) is 2.88. The molecular weight excluding hydrogens is 117 g/mol. The molecule has 1 saturated carbocycles. The molecule has 0 heterocycles. The van der Waals surface area contributed by atoms with Gasteiger partial charge in [0.2, 0.25) is 6.04 Å². The second kappa shape index (κ2) is 2.82. The van der Waals surface area contributed by atoms with Crippen LogP contribution in [-0.4, -0.2) is 12.7 Å². The molecule has 1 nitrogen and oxygen atoms in total. The van der Waals surface area contributed by atoms with Crippen LogP contribution < -0.4 is 0 Å². The number of alkyl halides is 1. The lowest BCUT2D eigenvalue weighted by Crippen LogP contribution is -2.10. The van der Waals surface area contributed by atoms with E-state index in [0.29, 0.717) is 0 Å². The summed E-state index contributed by atoms with van der Waals surface area (Å²) in [5.41, 5.74) is 0. The molecule has 50 valence electrons. The molecule has 1 rings (SSSR count). The number of hydrogen-bond donors (Lipinski definition) is 0. The van der Waals surface area contributed by atoms with E-state index in [1.165, 1.54) is 0 Å². The molecule has 1 aliphatic rings. The first-order valence-corrected chi connectivity index (χ1v) is 3.31. The van der Waals surface area contributed by atoms with E-state index >= 15 is 0 Å². The molecule has 0 amide bonds. The summed E-state index contributed by atoms with van der Waals surface area (Å²) < 4.78 is 12.0. The number of rotatable bonds is 1. The van der Waals surface area contributed by atoms with E-state index in [4.69, 9.17) is 6.57 Å². The van der Waals surface area contributed by atoms with Crippen molar-refractivity contribution in [1.82, 2.24) is 0 Å². The fourth-order valence-electron chi connectivity index (χ4n) is 1.37. The third-order valence-corrected chi connectivity index (χ3v) is 1.98. The van der Waals surface area contributed by atoms with Gasteiger partial charge in [0.1, 0.15) is 0 Å². The highest BCUT2D eigenvalue weighted by Gasteiger charge is 2.31. The fourth-order valence-corrected chi connectivity index (χ4v) is 1.37. The molecular formula is C7H10FN. The van der Waals surface area contributed by atoms with Crippen LogP contribution in [0.15, 0.2) is 0 Å². The molecule has 1 fully saturated rings. The van der Waals surface area contributed by atoms with Gasteiger partial charge >= 0.3 is 0 Å².